The lowest BCUT2D eigenvalue weighted by Crippen LogP contribution is -2.50. The first-order valence-electron chi connectivity index (χ1n) is 7.29. The van der Waals surface area contributed by atoms with Crippen molar-refractivity contribution in [1.82, 2.24) is 0 Å². The zero-order chi connectivity index (χ0) is 15.3. The highest BCUT2D eigenvalue weighted by atomic mass is 16.4. The van der Waals surface area contributed by atoms with E-state index >= 15 is 0 Å². The minimum atomic E-state index is -1.11. The van der Waals surface area contributed by atoms with E-state index in [9.17, 15) is 14.7 Å². The Morgan fingerprint density at radius 3 is 2.20 bits per heavy atom. The predicted octanol–water partition coefficient (Wildman–Crippen LogP) is 0.262. The molecule has 1 aliphatic rings. The van der Waals surface area contributed by atoms with Crippen LogP contribution in [0.2, 0.25) is 0 Å². The Balaban J connectivity index is 2.85. The number of ketones is 1. The standard InChI is InChI=1S/C14H26N2O4/c1-8(15)13(19)12(9-5-3-2-4-6-9)14(20)10(16)7-11(17)18/h8-10,12-13,19H,2-7,15-16H2,1H3,(H,17,18)/t8?,10-,12?,13?/m1/s1. The van der Waals surface area contributed by atoms with E-state index in [4.69, 9.17) is 16.6 Å². The van der Waals surface area contributed by atoms with E-state index in [-0.39, 0.29) is 11.7 Å². The molecule has 4 atom stereocenters. The maximum Gasteiger partial charge on any atom is 0.305 e. The Kier molecular flexibility index (Phi) is 6.58. The largest absolute Gasteiger partial charge is 0.481 e. The molecule has 0 aromatic carbocycles. The van der Waals surface area contributed by atoms with Gasteiger partial charge in [0, 0.05) is 12.0 Å². The molecule has 6 heteroatoms. The van der Waals surface area contributed by atoms with Crippen LogP contribution in [0, 0.1) is 11.8 Å². The molecule has 0 aliphatic heterocycles. The van der Waals surface area contributed by atoms with Crippen molar-refractivity contribution in [2.75, 3.05) is 0 Å². The minimum Gasteiger partial charge on any atom is -0.481 e. The van der Waals surface area contributed by atoms with E-state index in [1.54, 1.807) is 6.92 Å². The van der Waals surface area contributed by atoms with Gasteiger partial charge in [-0.2, -0.15) is 0 Å². The fourth-order valence-electron chi connectivity index (χ4n) is 3.04. The Bertz CT molecular complexity index is 340. The molecule has 116 valence electrons. The summed E-state index contributed by atoms with van der Waals surface area (Å²) in [6, 6.07) is -1.62. The molecule has 0 heterocycles. The maximum absolute atomic E-state index is 12.4. The third-order valence-electron chi connectivity index (χ3n) is 4.15. The van der Waals surface area contributed by atoms with Crippen molar-refractivity contribution in [1.29, 1.82) is 0 Å². The number of nitrogens with two attached hydrogens (primary N) is 2. The number of carboxylic acid groups (broad SMARTS) is 1. The van der Waals surface area contributed by atoms with Crippen LogP contribution < -0.4 is 11.5 Å². The molecule has 0 bridgehead atoms. The number of hydrogen-bond donors (Lipinski definition) is 4. The number of carbonyl (C=O) groups is 2. The summed E-state index contributed by atoms with van der Waals surface area (Å²) in [4.78, 5) is 23.1. The van der Waals surface area contributed by atoms with Gasteiger partial charge < -0.3 is 21.7 Å². The van der Waals surface area contributed by atoms with Gasteiger partial charge in [-0.1, -0.05) is 19.3 Å². The molecule has 20 heavy (non-hydrogen) atoms. The number of carbonyl (C=O) groups excluding carboxylic acids is 1. The lowest BCUT2D eigenvalue weighted by molar-refractivity contribution is -0.141. The summed E-state index contributed by atoms with van der Waals surface area (Å²) in [7, 11) is 0. The second-order valence-electron chi connectivity index (χ2n) is 5.88. The zero-order valence-electron chi connectivity index (χ0n) is 12.0. The molecular weight excluding hydrogens is 260 g/mol. The maximum atomic E-state index is 12.4. The third-order valence-corrected chi connectivity index (χ3v) is 4.15. The van der Waals surface area contributed by atoms with Crippen molar-refractivity contribution in [3.05, 3.63) is 0 Å². The minimum absolute atomic E-state index is 0.0529. The van der Waals surface area contributed by atoms with Gasteiger partial charge in [-0.25, -0.2) is 0 Å². The molecule has 0 aromatic rings. The van der Waals surface area contributed by atoms with Crippen LogP contribution in [0.5, 0.6) is 0 Å². The van der Waals surface area contributed by atoms with E-state index in [0.717, 1.165) is 32.1 Å². The predicted molar refractivity (Wildman–Crippen MR) is 75.0 cm³/mol. The van der Waals surface area contributed by atoms with Gasteiger partial charge in [0.1, 0.15) is 0 Å². The van der Waals surface area contributed by atoms with Gasteiger partial charge in [-0.15, -0.1) is 0 Å². The molecule has 1 aliphatic carbocycles. The summed E-state index contributed by atoms with van der Waals surface area (Å²) >= 11 is 0. The van der Waals surface area contributed by atoms with Gasteiger partial charge in [-0.3, -0.25) is 9.59 Å². The van der Waals surface area contributed by atoms with Crippen LogP contribution in [0.4, 0.5) is 0 Å². The highest BCUT2D eigenvalue weighted by molar-refractivity contribution is 5.90. The smallest absolute Gasteiger partial charge is 0.305 e. The van der Waals surface area contributed by atoms with Crippen LogP contribution in [-0.4, -0.2) is 40.2 Å². The first kappa shape index (κ1) is 17.1. The third kappa shape index (κ3) is 4.54. The fraction of sp³-hybridized carbons (Fsp3) is 0.857. The van der Waals surface area contributed by atoms with Gasteiger partial charge in [0.05, 0.1) is 18.6 Å². The fourth-order valence-corrected chi connectivity index (χ4v) is 3.04. The van der Waals surface area contributed by atoms with Crippen LogP contribution in [0.1, 0.15) is 45.4 Å². The normalized spacial score (nSPS) is 22.8. The highest BCUT2D eigenvalue weighted by Gasteiger charge is 2.39. The average Bonchev–Trinajstić information content (AvgIpc) is 2.39. The summed E-state index contributed by atoms with van der Waals surface area (Å²) in [6.45, 7) is 1.65. The Morgan fingerprint density at radius 1 is 1.20 bits per heavy atom. The van der Waals surface area contributed by atoms with Crippen LogP contribution in [0.3, 0.4) is 0 Å². The van der Waals surface area contributed by atoms with Crippen LogP contribution >= 0.6 is 0 Å². The molecule has 6 N–H and O–H groups in total. The molecular formula is C14H26N2O4. The van der Waals surface area contributed by atoms with E-state index < -0.39 is 36.5 Å². The number of aliphatic hydroxyl groups is 1. The summed E-state index contributed by atoms with van der Waals surface area (Å²) in [5.74, 6) is -2.07. The van der Waals surface area contributed by atoms with Crippen molar-refractivity contribution in [2.45, 2.75) is 63.6 Å². The second kappa shape index (κ2) is 7.71. The van der Waals surface area contributed by atoms with Crippen molar-refractivity contribution in [2.24, 2.45) is 23.3 Å². The van der Waals surface area contributed by atoms with Gasteiger partial charge in [0.2, 0.25) is 0 Å². The van der Waals surface area contributed by atoms with Gasteiger partial charge >= 0.3 is 5.97 Å². The van der Waals surface area contributed by atoms with Crippen molar-refractivity contribution < 1.29 is 19.8 Å². The topological polar surface area (TPSA) is 127 Å². The van der Waals surface area contributed by atoms with Gasteiger partial charge in [0.25, 0.3) is 0 Å². The molecule has 1 fully saturated rings. The van der Waals surface area contributed by atoms with Crippen LogP contribution in [0.25, 0.3) is 0 Å². The highest BCUT2D eigenvalue weighted by Crippen LogP contribution is 2.33. The SMILES string of the molecule is CC(N)C(O)C(C(=O)[C@H](N)CC(=O)O)C1CCCCC1. The molecule has 3 unspecified atom stereocenters. The first-order chi connectivity index (χ1) is 9.34. The number of aliphatic hydroxyl groups excluding tert-OH is 1. The number of aliphatic carboxylic acids is 1. The monoisotopic (exact) mass is 286 g/mol. The molecule has 1 saturated carbocycles. The van der Waals surface area contributed by atoms with E-state index in [0.29, 0.717) is 0 Å². The van der Waals surface area contributed by atoms with Crippen LogP contribution in [-0.2, 0) is 9.59 Å². The molecule has 0 aromatic heterocycles. The summed E-state index contributed by atoms with van der Waals surface area (Å²) < 4.78 is 0. The summed E-state index contributed by atoms with van der Waals surface area (Å²) in [6.07, 6.45) is 3.52. The average molecular weight is 286 g/mol. The number of carboxylic acids is 1. The van der Waals surface area contributed by atoms with Gasteiger partial charge in [-0.05, 0) is 25.7 Å². The number of rotatable bonds is 7. The Labute approximate surface area is 119 Å². The van der Waals surface area contributed by atoms with E-state index in [2.05, 4.69) is 0 Å². The zero-order valence-corrected chi connectivity index (χ0v) is 12.0. The molecule has 0 spiro atoms. The van der Waals surface area contributed by atoms with Crippen molar-refractivity contribution >= 4 is 11.8 Å². The van der Waals surface area contributed by atoms with Crippen LogP contribution in [0.15, 0.2) is 0 Å². The molecule has 0 radical (unpaired) electrons. The van der Waals surface area contributed by atoms with Crippen molar-refractivity contribution in [3.8, 4) is 0 Å². The number of hydrogen-bond acceptors (Lipinski definition) is 5. The number of Topliss-reactive ketones (excluding diaryl/α,β-unsaturated/α-hetero) is 1. The first-order valence-corrected chi connectivity index (χ1v) is 7.29. The van der Waals surface area contributed by atoms with E-state index in [1.807, 2.05) is 0 Å². The molecule has 0 saturated heterocycles. The van der Waals surface area contributed by atoms with Gasteiger partial charge in [0.15, 0.2) is 5.78 Å². The molecule has 0 amide bonds. The summed E-state index contributed by atoms with van der Waals surface area (Å²) in [5.41, 5.74) is 11.4. The summed E-state index contributed by atoms with van der Waals surface area (Å²) in [5, 5.41) is 19.0. The van der Waals surface area contributed by atoms with Crippen molar-refractivity contribution in [3.63, 3.8) is 0 Å². The van der Waals surface area contributed by atoms with E-state index in [1.165, 1.54) is 0 Å². The quantitative estimate of drug-likeness (QED) is 0.532. The lowest BCUT2D eigenvalue weighted by atomic mass is 9.72. The Morgan fingerprint density at radius 2 is 1.75 bits per heavy atom. The molecule has 6 nitrogen and oxygen atoms in total. The lowest BCUT2D eigenvalue weighted by Gasteiger charge is -2.35. The molecule has 1 rings (SSSR count). The second-order valence-corrected chi connectivity index (χ2v) is 5.88. The Hall–Kier alpha value is -0.980.